The fraction of sp³-hybridized carbons (Fsp3) is 0.800. The standard InChI is InChI=1S/C15H28N4O2S/c1-5-13-10-19(22(20,21)11(2)3)7-6-15(13)16-8-14-9-17-18-12(14)4/h9,11,13,15-16H,5-8,10H2,1-4H3,(H,17,18)/t13-,15+/m0/s1. The smallest absolute Gasteiger partial charge is 0.216 e. The van der Waals surface area contributed by atoms with Gasteiger partial charge in [0, 0.05) is 36.9 Å². The van der Waals surface area contributed by atoms with Gasteiger partial charge in [0.05, 0.1) is 11.4 Å². The summed E-state index contributed by atoms with van der Waals surface area (Å²) < 4.78 is 26.3. The minimum Gasteiger partial charge on any atom is -0.309 e. The van der Waals surface area contributed by atoms with Crippen LogP contribution in [-0.2, 0) is 16.6 Å². The van der Waals surface area contributed by atoms with Gasteiger partial charge in [0.25, 0.3) is 0 Å². The average Bonchev–Trinajstić information content (AvgIpc) is 2.90. The van der Waals surface area contributed by atoms with Crippen molar-refractivity contribution in [1.82, 2.24) is 19.8 Å². The number of sulfonamides is 1. The Balaban J connectivity index is 1.97. The minimum atomic E-state index is -3.14. The molecule has 0 amide bonds. The Morgan fingerprint density at radius 1 is 1.50 bits per heavy atom. The second kappa shape index (κ2) is 7.10. The van der Waals surface area contributed by atoms with Crippen LogP contribution >= 0.6 is 0 Å². The van der Waals surface area contributed by atoms with Crippen molar-refractivity contribution in [3.63, 3.8) is 0 Å². The summed E-state index contributed by atoms with van der Waals surface area (Å²) in [7, 11) is -3.14. The third kappa shape index (κ3) is 3.70. The molecular weight excluding hydrogens is 300 g/mol. The van der Waals surface area contributed by atoms with Crippen molar-refractivity contribution in [1.29, 1.82) is 0 Å². The molecule has 0 radical (unpaired) electrons. The van der Waals surface area contributed by atoms with Gasteiger partial charge < -0.3 is 5.32 Å². The molecule has 2 N–H and O–H groups in total. The lowest BCUT2D eigenvalue weighted by Crippen LogP contribution is -2.52. The zero-order valence-electron chi connectivity index (χ0n) is 14.0. The Morgan fingerprint density at radius 2 is 2.23 bits per heavy atom. The molecule has 126 valence electrons. The fourth-order valence-corrected chi connectivity index (χ4v) is 4.36. The highest BCUT2D eigenvalue weighted by molar-refractivity contribution is 7.89. The first-order valence-corrected chi connectivity index (χ1v) is 9.57. The highest BCUT2D eigenvalue weighted by Gasteiger charge is 2.35. The van der Waals surface area contributed by atoms with Gasteiger partial charge in [-0.25, -0.2) is 12.7 Å². The molecule has 1 aliphatic heterocycles. The van der Waals surface area contributed by atoms with E-state index < -0.39 is 10.0 Å². The van der Waals surface area contributed by atoms with Gasteiger partial charge >= 0.3 is 0 Å². The summed E-state index contributed by atoms with van der Waals surface area (Å²) >= 11 is 0. The van der Waals surface area contributed by atoms with Crippen molar-refractivity contribution in [2.24, 2.45) is 5.92 Å². The number of aryl methyl sites for hydroxylation is 1. The van der Waals surface area contributed by atoms with Crippen LogP contribution in [0, 0.1) is 12.8 Å². The number of aromatic nitrogens is 2. The first-order chi connectivity index (χ1) is 10.4. The third-order valence-electron chi connectivity index (χ3n) is 4.67. The normalized spacial score (nSPS) is 24.0. The summed E-state index contributed by atoms with van der Waals surface area (Å²) in [6, 6.07) is 0.359. The van der Waals surface area contributed by atoms with Gasteiger partial charge in [0.1, 0.15) is 0 Å². The maximum absolute atomic E-state index is 12.3. The van der Waals surface area contributed by atoms with Crippen molar-refractivity contribution >= 4 is 10.0 Å². The van der Waals surface area contributed by atoms with Crippen LogP contribution in [0.15, 0.2) is 6.20 Å². The second-order valence-corrected chi connectivity index (χ2v) is 8.91. The number of aromatic amines is 1. The largest absolute Gasteiger partial charge is 0.309 e. The fourth-order valence-electron chi connectivity index (χ4n) is 3.01. The van der Waals surface area contributed by atoms with Crippen LogP contribution in [0.1, 0.15) is 44.9 Å². The molecule has 0 aromatic carbocycles. The molecule has 6 nitrogen and oxygen atoms in total. The molecular formula is C15H28N4O2S. The number of H-pyrrole nitrogens is 1. The van der Waals surface area contributed by atoms with E-state index in [2.05, 4.69) is 22.4 Å². The summed E-state index contributed by atoms with van der Waals surface area (Å²) in [5.74, 6) is 0.356. The molecule has 0 saturated carbocycles. The van der Waals surface area contributed by atoms with Crippen molar-refractivity contribution in [3.05, 3.63) is 17.5 Å². The van der Waals surface area contributed by atoms with Gasteiger partial charge in [-0.1, -0.05) is 13.3 Å². The molecule has 2 rings (SSSR count). The predicted molar refractivity (Wildman–Crippen MR) is 88.0 cm³/mol. The van der Waals surface area contributed by atoms with Crippen LogP contribution in [0.4, 0.5) is 0 Å². The van der Waals surface area contributed by atoms with Gasteiger partial charge in [0.2, 0.25) is 10.0 Å². The van der Waals surface area contributed by atoms with Crippen LogP contribution in [0.3, 0.4) is 0 Å². The molecule has 2 atom stereocenters. The molecule has 1 aliphatic rings. The lowest BCUT2D eigenvalue weighted by molar-refractivity contribution is 0.200. The Bertz CT molecular complexity index is 582. The topological polar surface area (TPSA) is 78.1 Å². The summed E-state index contributed by atoms with van der Waals surface area (Å²) in [4.78, 5) is 0. The van der Waals surface area contributed by atoms with E-state index in [0.29, 0.717) is 25.0 Å². The zero-order valence-corrected chi connectivity index (χ0v) is 14.8. The third-order valence-corrected chi connectivity index (χ3v) is 6.91. The molecule has 0 spiro atoms. The highest BCUT2D eigenvalue weighted by Crippen LogP contribution is 2.24. The summed E-state index contributed by atoms with van der Waals surface area (Å²) in [6.45, 7) is 9.66. The number of hydrogen-bond acceptors (Lipinski definition) is 4. The lowest BCUT2D eigenvalue weighted by Gasteiger charge is -2.38. The minimum absolute atomic E-state index is 0.344. The molecule has 0 bridgehead atoms. The van der Waals surface area contributed by atoms with Crippen LogP contribution < -0.4 is 5.32 Å². The van der Waals surface area contributed by atoms with E-state index in [9.17, 15) is 8.42 Å². The molecule has 0 aliphatic carbocycles. The maximum atomic E-state index is 12.3. The zero-order chi connectivity index (χ0) is 16.3. The van der Waals surface area contributed by atoms with Crippen LogP contribution in [-0.4, -0.2) is 47.3 Å². The van der Waals surface area contributed by atoms with E-state index in [4.69, 9.17) is 0 Å². The van der Waals surface area contributed by atoms with E-state index in [1.54, 1.807) is 18.2 Å². The SMILES string of the molecule is CC[C@H]1CN(S(=O)(=O)C(C)C)CC[C@H]1NCc1cn[nH]c1C. The van der Waals surface area contributed by atoms with Gasteiger partial charge in [-0.15, -0.1) is 0 Å². The van der Waals surface area contributed by atoms with Gasteiger partial charge in [-0.3, -0.25) is 5.10 Å². The van der Waals surface area contributed by atoms with Crippen molar-refractivity contribution < 1.29 is 8.42 Å². The average molecular weight is 328 g/mol. The Morgan fingerprint density at radius 3 is 2.77 bits per heavy atom. The van der Waals surface area contributed by atoms with Crippen molar-refractivity contribution in [2.75, 3.05) is 13.1 Å². The molecule has 2 heterocycles. The molecule has 0 unspecified atom stereocenters. The second-order valence-electron chi connectivity index (χ2n) is 6.42. The van der Waals surface area contributed by atoms with Crippen LogP contribution in [0.2, 0.25) is 0 Å². The monoisotopic (exact) mass is 328 g/mol. The number of nitrogens with zero attached hydrogens (tertiary/aromatic N) is 2. The highest BCUT2D eigenvalue weighted by atomic mass is 32.2. The van der Waals surface area contributed by atoms with E-state index in [1.165, 1.54) is 5.56 Å². The molecule has 1 aromatic rings. The van der Waals surface area contributed by atoms with Gasteiger partial charge in [-0.05, 0) is 33.1 Å². The Hall–Kier alpha value is -0.920. The molecule has 7 heteroatoms. The first-order valence-electron chi connectivity index (χ1n) is 8.07. The number of rotatable bonds is 6. The van der Waals surface area contributed by atoms with E-state index >= 15 is 0 Å². The van der Waals surface area contributed by atoms with Gasteiger partial charge in [0.15, 0.2) is 0 Å². The van der Waals surface area contributed by atoms with E-state index in [0.717, 1.165) is 25.1 Å². The van der Waals surface area contributed by atoms with Crippen LogP contribution in [0.25, 0.3) is 0 Å². The van der Waals surface area contributed by atoms with E-state index in [1.807, 2.05) is 13.1 Å². The summed E-state index contributed by atoms with van der Waals surface area (Å²) in [5.41, 5.74) is 2.26. The Labute approximate surface area is 133 Å². The number of piperidine rings is 1. The number of nitrogens with one attached hydrogen (secondary N) is 2. The summed E-state index contributed by atoms with van der Waals surface area (Å²) in [5, 5.41) is 10.2. The molecule has 1 aromatic heterocycles. The van der Waals surface area contributed by atoms with Gasteiger partial charge in [-0.2, -0.15) is 5.10 Å². The summed E-state index contributed by atoms with van der Waals surface area (Å²) in [6.07, 6.45) is 3.69. The number of hydrogen-bond donors (Lipinski definition) is 2. The molecule has 1 saturated heterocycles. The first kappa shape index (κ1) is 17.4. The lowest BCUT2D eigenvalue weighted by atomic mass is 9.91. The van der Waals surface area contributed by atoms with Crippen molar-refractivity contribution in [3.8, 4) is 0 Å². The quantitative estimate of drug-likeness (QED) is 0.832. The molecule has 22 heavy (non-hydrogen) atoms. The van der Waals surface area contributed by atoms with Crippen molar-refractivity contribution in [2.45, 2.75) is 58.4 Å². The predicted octanol–water partition coefficient (Wildman–Crippen LogP) is 1.65. The van der Waals surface area contributed by atoms with E-state index in [-0.39, 0.29) is 5.25 Å². The van der Waals surface area contributed by atoms with Crippen LogP contribution in [0.5, 0.6) is 0 Å². The Kier molecular flexibility index (Phi) is 5.63. The molecule has 1 fully saturated rings. The maximum Gasteiger partial charge on any atom is 0.216 e.